The van der Waals surface area contributed by atoms with E-state index in [0.29, 0.717) is 0 Å². The largest absolute Gasteiger partial charge is 0.399 e. The average molecular weight is 231 g/mol. The highest BCUT2D eigenvalue weighted by Crippen LogP contribution is 2.21. The molecular formula is C12H13N3O2. The van der Waals surface area contributed by atoms with Crippen molar-refractivity contribution in [3.63, 3.8) is 0 Å². The third-order valence-electron chi connectivity index (χ3n) is 2.15. The fourth-order valence-electron chi connectivity index (χ4n) is 1.35. The number of rotatable bonds is 1. The van der Waals surface area contributed by atoms with E-state index in [9.17, 15) is 0 Å². The lowest BCUT2D eigenvalue weighted by atomic mass is 10.1. The third-order valence-corrected chi connectivity index (χ3v) is 2.15. The first-order valence-electron chi connectivity index (χ1n) is 4.85. The molecule has 0 heterocycles. The van der Waals surface area contributed by atoms with E-state index in [-0.39, 0.29) is 0 Å². The van der Waals surface area contributed by atoms with Gasteiger partial charge in [0.05, 0.1) is 0 Å². The van der Waals surface area contributed by atoms with Crippen LogP contribution in [-0.4, -0.2) is 5.21 Å². The van der Waals surface area contributed by atoms with E-state index in [0.717, 1.165) is 22.5 Å². The summed E-state index contributed by atoms with van der Waals surface area (Å²) in [5.74, 6) is 0. The number of nitrogen functional groups attached to an aromatic ring is 2. The Balaban J connectivity index is 0.000000437. The van der Waals surface area contributed by atoms with Crippen LogP contribution >= 0.6 is 0 Å². The van der Waals surface area contributed by atoms with Gasteiger partial charge in [-0.05, 0) is 35.4 Å². The zero-order chi connectivity index (χ0) is 12.7. The predicted molar refractivity (Wildman–Crippen MR) is 68.3 cm³/mol. The van der Waals surface area contributed by atoms with Gasteiger partial charge < -0.3 is 16.7 Å². The van der Waals surface area contributed by atoms with Crippen molar-refractivity contribution in [2.24, 2.45) is 5.34 Å². The number of anilines is 2. The van der Waals surface area contributed by atoms with Gasteiger partial charge in [0, 0.05) is 11.4 Å². The van der Waals surface area contributed by atoms with Gasteiger partial charge in [0.15, 0.2) is 5.34 Å². The average Bonchev–Trinajstić information content (AvgIpc) is 2.32. The minimum Gasteiger partial charge on any atom is -0.399 e. The van der Waals surface area contributed by atoms with Crippen molar-refractivity contribution >= 4 is 11.4 Å². The highest BCUT2D eigenvalue weighted by Gasteiger charge is 1.95. The fraction of sp³-hybridized carbons (Fsp3) is 0. The van der Waals surface area contributed by atoms with Gasteiger partial charge in [0.2, 0.25) is 0 Å². The van der Waals surface area contributed by atoms with Crippen LogP contribution in [0.4, 0.5) is 11.4 Å². The maximum atomic E-state index is 8.11. The molecule has 2 aromatic rings. The zero-order valence-corrected chi connectivity index (χ0v) is 9.08. The summed E-state index contributed by atoms with van der Waals surface area (Å²) in [5.41, 5.74) is 15.1. The molecule has 0 atom stereocenters. The van der Waals surface area contributed by atoms with Crippen LogP contribution in [0.2, 0.25) is 0 Å². The molecule has 5 N–H and O–H groups in total. The Kier molecular flexibility index (Phi) is 4.50. The van der Waals surface area contributed by atoms with Crippen LogP contribution in [0.1, 0.15) is 0 Å². The van der Waals surface area contributed by atoms with E-state index < -0.39 is 0 Å². The van der Waals surface area contributed by atoms with Gasteiger partial charge in [-0.3, -0.25) is 0 Å². The summed E-state index contributed by atoms with van der Waals surface area (Å²) in [5, 5.41) is 7.89. The summed E-state index contributed by atoms with van der Waals surface area (Å²) in [6.07, 6.45) is 0. The third kappa shape index (κ3) is 3.83. The normalized spacial score (nSPS) is 8.94. The Labute approximate surface area is 98.6 Å². The van der Waals surface area contributed by atoms with Crippen molar-refractivity contribution < 1.29 is 5.21 Å². The molecule has 88 valence electrons. The highest BCUT2D eigenvalue weighted by molar-refractivity contribution is 5.67. The SMILES string of the molecule is Nc1ccc(-c2ccc(N)cc2)cc1.O=NO. The summed E-state index contributed by atoms with van der Waals surface area (Å²) in [7, 11) is 0. The zero-order valence-electron chi connectivity index (χ0n) is 9.08. The van der Waals surface area contributed by atoms with E-state index in [1.807, 2.05) is 48.5 Å². The number of benzene rings is 2. The quantitative estimate of drug-likeness (QED) is 0.399. The molecule has 0 spiro atoms. The molecule has 0 saturated heterocycles. The van der Waals surface area contributed by atoms with Crippen molar-refractivity contribution in [1.29, 1.82) is 0 Å². The molecule has 0 amide bonds. The maximum Gasteiger partial charge on any atom is 0.152 e. The molecule has 0 unspecified atom stereocenters. The van der Waals surface area contributed by atoms with Crippen molar-refractivity contribution in [3.05, 3.63) is 53.4 Å². The van der Waals surface area contributed by atoms with Gasteiger partial charge in [-0.25, -0.2) is 0 Å². The molecule has 0 fully saturated rings. The monoisotopic (exact) mass is 231 g/mol. The fourth-order valence-corrected chi connectivity index (χ4v) is 1.35. The van der Waals surface area contributed by atoms with E-state index in [1.54, 1.807) is 0 Å². The molecule has 5 nitrogen and oxygen atoms in total. The van der Waals surface area contributed by atoms with Crippen molar-refractivity contribution in [3.8, 4) is 11.1 Å². The number of nitrogens with two attached hydrogens (primary N) is 2. The van der Waals surface area contributed by atoms with E-state index in [1.165, 1.54) is 5.34 Å². The Morgan fingerprint density at radius 2 is 1.00 bits per heavy atom. The maximum absolute atomic E-state index is 8.11. The molecule has 0 aromatic heterocycles. The molecule has 0 aliphatic rings. The van der Waals surface area contributed by atoms with Crippen LogP contribution in [0, 0.1) is 4.91 Å². The summed E-state index contributed by atoms with van der Waals surface area (Å²) in [6, 6.07) is 15.6. The van der Waals surface area contributed by atoms with E-state index >= 15 is 0 Å². The first-order chi connectivity index (χ1) is 8.17. The Morgan fingerprint density at radius 1 is 0.765 bits per heavy atom. The van der Waals surface area contributed by atoms with Crippen LogP contribution in [-0.2, 0) is 0 Å². The second-order valence-corrected chi connectivity index (χ2v) is 3.33. The molecule has 0 aliphatic heterocycles. The van der Waals surface area contributed by atoms with Gasteiger partial charge in [0.25, 0.3) is 0 Å². The second kappa shape index (κ2) is 6.12. The predicted octanol–water partition coefficient (Wildman–Crippen LogP) is 2.66. The van der Waals surface area contributed by atoms with Gasteiger partial charge in [-0.2, -0.15) is 0 Å². The van der Waals surface area contributed by atoms with Crippen LogP contribution in [0.3, 0.4) is 0 Å². The molecule has 0 radical (unpaired) electrons. The first-order valence-corrected chi connectivity index (χ1v) is 4.85. The lowest BCUT2D eigenvalue weighted by Gasteiger charge is -2.02. The van der Waals surface area contributed by atoms with Crippen LogP contribution in [0.25, 0.3) is 11.1 Å². The summed E-state index contributed by atoms with van der Waals surface area (Å²) < 4.78 is 0. The topological polar surface area (TPSA) is 102 Å². The molecule has 2 rings (SSSR count). The van der Waals surface area contributed by atoms with Crippen LogP contribution in [0.5, 0.6) is 0 Å². The van der Waals surface area contributed by atoms with Gasteiger partial charge in [-0.1, -0.05) is 24.3 Å². The summed E-state index contributed by atoms with van der Waals surface area (Å²) >= 11 is 0. The standard InChI is InChI=1S/C12H12N2.HNO2/c13-11-5-1-9(2-6-11)10-3-7-12(14)8-4-10;2-1-3/h1-8H,13-14H2;(H,2,3). The smallest absolute Gasteiger partial charge is 0.152 e. The molecular weight excluding hydrogens is 218 g/mol. The molecule has 0 bridgehead atoms. The molecule has 0 aliphatic carbocycles. The minimum atomic E-state index is 0.782. The highest BCUT2D eigenvalue weighted by atomic mass is 16.6. The lowest BCUT2D eigenvalue weighted by Crippen LogP contribution is -1.85. The number of hydrogen-bond acceptors (Lipinski definition) is 4. The second-order valence-electron chi connectivity index (χ2n) is 3.33. The summed E-state index contributed by atoms with van der Waals surface area (Å²) in [6.45, 7) is 0. The van der Waals surface area contributed by atoms with Crippen molar-refractivity contribution in [1.82, 2.24) is 0 Å². The minimum absolute atomic E-state index is 0.782. The summed E-state index contributed by atoms with van der Waals surface area (Å²) in [4.78, 5) is 8.11. The Morgan fingerprint density at radius 3 is 1.24 bits per heavy atom. The Hall–Kier alpha value is -2.56. The van der Waals surface area contributed by atoms with Crippen LogP contribution in [0.15, 0.2) is 53.9 Å². The first kappa shape index (κ1) is 12.5. The molecule has 0 saturated carbocycles. The molecule has 2 aromatic carbocycles. The van der Waals surface area contributed by atoms with Gasteiger partial charge in [-0.15, -0.1) is 4.91 Å². The molecule has 17 heavy (non-hydrogen) atoms. The van der Waals surface area contributed by atoms with Gasteiger partial charge in [0.1, 0.15) is 0 Å². The molecule has 5 heteroatoms. The lowest BCUT2D eigenvalue weighted by molar-refractivity contribution is 0.312. The number of nitrogens with zero attached hydrogens (tertiary/aromatic N) is 1. The van der Waals surface area contributed by atoms with Crippen LogP contribution < -0.4 is 11.5 Å². The van der Waals surface area contributed by atoms with Crippen molar-refractivity contribution in [2.45, 2.75) is 0 Å². The van der Waals surface area contributed by atoms with E-state index in [4.69, 9.17) is 21.6 Å². The van der Waals surface area contributed by atoms with E-state index in [2.05, 4.69) is 0 Å². The van der Waals surface area contributed by atoms with Crippen molar-refractivity contribution in [2.75, 3.05) is 11.5 Å². The number of hydrogen-bond donors (Lipinski definition) is 3. The van der Waals surface area contributed by atoms with Gasteiger partial charge >= 0.3 is 0 Å². The Bertz CT molecular complexity index is 423.